The number of aromatic nitrogens is 4. The van der Waals surface area contributed by atoms with Crippen molar-refractivity contribution in [2.24, 2.45) is 5.10 Å². The van der Waals surface area contributed by atoms with Gasteiger partial charge < -0.3 is 4.74 Å². The van der Waals surface area contributed by atoms with Gasteiger partial charge in [0.1, 0.15) is 0 Å². The van der Waals surface area contributed by atoms with Gasteiger partial charge in [-0.25, -0.2) is 22.7 Å². The maximum atomic E-state index is 12.8. The van der Waals surface area contributed by atoms with Gasteiger partial charge in [0.25, 0.3) is 21.0 Å². The summed E-state index contributed by atoms with van der Waals surface area (Å²) in [5, 5.41) is 8.92. The van der Waals surface area contributed by atoms with Crippen LogP contribution < -0.4 is 4.72 Å². The van der Waals surface area contributed by atoms with Gasteiger partial charge in [-0.3, -0.25) is 5.01 Å². The molecule has 11 nitrogen and oxygen atoms in total. The van der Waals surface area contributed by atoms with Gasteiger partial charge in [-0.05, 0) is 26.8 Å². The van der Waals surface area contributed by atoms with Crippen LogP contribution in [0.5, 0.6) is 0 Å². The minimum absolute atomic E-state index is 0.00514. The second-order valence-electron chi connectivity index (χ2n) is 6.00. The summed E-state index contributed by atoms with van der Waals surface area (Å²) >= 11 is 0. The molecule has 26 heavy (non-hydrogen) atoms. The summed E-state index contributed by atoms with van der Waals surface area (Å²) in [6.45, 7) is 5.27. The first kappa shape index (κ1) is 18.2. The fraction of sp³-hybridized carbons (Fsp3) is 0.500. The summed E-state index contributed by atoms with van der Waals surface area (Å²) < 4.78 is 34.3. The number of hydrogen-bond acceptors (Lipinski definition) is 9. The first-order valence-electron chi connectivity index (χ1n) is 7.85. The molecule has 1 atom stereocenters. The third-order valence-corrected chi connectivity index (χ3v) is 5.04. The molecule has 3 heterocycles. The number of esters is 1. The van der Waals surface area contributed by atoms with Gasteiger partial charge in [-0.1, -0.05) is 0 Å². The molecule has 1 unspecified atom stereocenters. The normalized spacial score (nSPS) is 20.1. The number of carbonyl (C=O) groups excluding carboxylic acids is 1. The number of rotatable bonds is 5. The van der Waals surface area contributed by atoms with Crippen LogP contribution in [0.2, 0.25) is 0 Å². The molecule has 3 rings (SSSR count). The van der Waals surface area contributed by atoms with E-state index in [4.69, 9.17) is 4.74 Å². The van der Waals surface area contributed by atoms with Gasteiger partial charge in [0.2, 0.25) is 0 Å². The molecule has 2 aromatic rings. The van der Waals surface area contributed by atoms with Crippen LogP contribution in [-0.4, -0.2) is 70.9 Å². The molecule has 1 aliphatic heterocycles. The number of fused-ring (bicyclic) bond motifs is 1. The third kappa shape index (κ3) is 3.12. The van der Waals surface area contributed by atoms with Gasteiger partial charge in [-0.2, -0.15) is 14.8 Å². The van der Waals surface area contributed by atoms with Crippen LogP contribution in [-0.2, 0) is 19.6 Å². The van der Waals surface area contributed by atoms with E-state index in [2.05, 4.69) is 24.9 Å². The summed E-state index contributed by atoms with van der Waals surface area (Å²) in [5.74, 6) is -0.587. The van der Waals surface area contributed by atoms with Crippen molar-refractivity contribution < 1.29 is 17.9 Å². The molecule has 0 fully saturated rings. The predicted molar refractivity (Wildman–Crippen MR) is 91.1 cm³/mol. The van der Waals surface area contributed by atoms with Crippen LogP contribution >= 0.6 is 0 Å². The Balaban J connectivity index is 2.01. The lowest BCUT2D eigenvalue weighted by molar-refractivity contribution is -0.147. The molecule has 0 saturated heterocycles. The monoisotopic (exact) mass is 381 g/mol. The number of nitrogens with one attached hydrogen (secondary N) is 1. The van der Waals surface area contributed by atoms with Gasteiger partial charge in [0.15, 0.2) is 5.54 Å². The van der Waals surface area contributed by atoms with Gasteiger partial charge in [-0.15, -0.1) is 5.10 Å². The number of hydrogen-bond donors (Lipinski definition) is 1. The molecule has 1 N–H and O–H groups in total. The van der Waals surface area contributed by atoms with Gasteiger partial charge >= 0.3 is 5.97 Å². The second kappa shape index (κ2) is 6.29. The number of hydrazone groups is 1. The largest absolute Gasteiger partial charge is 0.464 e. The van der Waals surface area contributed by atoms with Crippen LogP contribution in [0.25, 0.3) is 5.78 Å². The Morgan fingerprint density at radius 2 is 2.12 bits per heavy atom. The van der Waals surface area contributed by atoms with Crippen molar-refractivity contribution in [3.63, 3.8) is 0 Å². The average Bonchev–Trinajstić information content (AvgIpc) is 3.12. The van der Waals surface area contributed by atoms with Crippen molar-refractivity contribution in [2.75, 3.05) is 20.2 Å². The summed E-state index contributed by atoms with van der Waals surface area (Å²) in [6, 6.07) is 1.75. The van der Waals surface area contributed by atoms with E-state index >= 15 is 0 Å². The van der Waals surface area contributed by atoms with E-state index in [0.29, 0.717) is 11.4 Å². The lowest BCUT2D eigenvalue weighted by atomic mass is 10.0. The molecule has 0 amide bonds. The minimum Gasteiger partial charge on any atom is -0.464 e. The maximum Gasteiger partial charge on any atom is 0.334 e. The van der Waals surface area contributed by atoms with Crippen LogP contribution in [0.15, 0.2) is 16.3 Å². The SMILES string of the molecule is CCOC(=O)C1(NS(=O)(=O)c2nc3nc(C)cc(C)n3n2)C=NN(C)C1. The van der Waals surface area contributed by atoms with Crippen molar-refractivity contribution in [1.82, 2.24) is 29.3 Å². The van der Waals surface area contributed by atoms with E-state index in [1.807, 2.05) is 0 Å². The summed E-state index contributed by atoms with van der Waals surface area (Å²) in [5.41, 5.74) is -0.269. The number of sulfonamides is 1. The first-order chi connectivity index (χ1) is 12.2. The smallest absolute Gasteiger partial charge is 0.334 e. The Kier molecular flexibility index (Phi) is 4.40. The molecule has 0 aliphatic carbocycles. The highest BCUT2D eigenvalue weighted by atomic mass is 32.2. The number of likely N-dealkylation sites (N-methyl/N-ethyl adjacent to an activating group) is 1. The third-order valence-electron chi connectivity index (χ3n) is 3.75. The quantitative estimate of drug-likeness (QED) is 0.670. The highest BCUT2D eigenvalue weighted by Gasteiger charge is 2.47. The Bertz CT molecular complexity index is 1000. The van der Waals surface area contributed by atoms with E-state index < -0.39 is 26.7 Å². The Labute approximate surface area is 150 Å². The van der Waals surface area contributed by atoms with Gasteiger partial charge in [0, 0.05) is 18.4 Å². The minimum atomic E-state index is -4.23. The highest BCUT2D eigenvalue weighted by Crippen LogP contribution is 2.18. The van der Waals surface area contributed by atoms with Crippen LogP contribution in [0.4, 0.5) is 0 Å². The van der Waals surface area contributed by atoms with Crippen molar-refractivity contribution in [3.8, 4) is 0 Å². The van der Waals surface area contributed by atoms with Gasteiger partial charge in [0.05, 0.1) is 19.4 Å². The van der Waals surface area contributed by atoms with Crippen molar-refractivity contribution in [1.29, 1.82) is 0 Å². The standard InChI is InChI=1S/C14H19N7O4S/c1-5-25-11(22)14(7-15-20(4)8-14)19-26(23,24)13-17-12-16-9(2)6-10(3)21(12)18-13/h6-7,19H,5,8H2,1-4H3. The molecule has 140 valence electrons. The number of nitrogens with zero attached hydrogens (tertiary/aromatic N) is 6. The molecule has 0 saturated carbocycles. The molecule has 1 aliphatic rings. The number of carbonyl (C=O) groups is 1. The average molecular weight is 381 g/mol. The van der Waals surface area contributed by atoms with E-state index in [9.17, 15) is 13.2 Å². The maximum absolute atomic E-state index is 12.8. The van der Waals surface area contributed by atoms with Crippen LogP contribution in [0.1, 0.15) is 18.3 Å². The van der Waals surface area contributed by atoms with Crippen LogP contribution in [0, 0.1) is 13.8 Å². The Morgan fingerprint density at radius 1 is 1.38 bits per heavy atom. The lowest BCUT2D eigenvalue weighted by Gasteiger charge is -2.24. The zero-order chi connectivity index (χ0) is 19.1. The molecule has 0 bridgehead atoms. The second-order valence-corrected chi connectivity index (χ2v) is 7.58. The molecule has 2 aromatic heterocycles. The highest BCUT2D eigenvalue weighted by molar-refractivity contribution is 7.89. The molecule has 0 aromatic carbocycles. The van der Waals surface area contributed by atoms with E-state index in [1.165, 1.54) is 15.7 Å². The predicted octanol–water partition coefficient (Wildman–Crippen LogP) is -0.747. The molecule has 0 radical (unpaired) electrons. The number of ether oxygens (including phenoxy) is 1. The van der Waals surface area contributed by atoms with Crippen molar-refractivity contribution in [3.05, 3.63) is 17.5 Å². The first-order valence-corrected chi connectivity index (χ1v) is 9.34. The fourth-order valence-electron chi connectivity index (χ4n) is 2.66. The molecule has 0 spiro atoms. The molecular formula is C14H19N7O4S. The van der Waals surface area contributed by atoms with E-state index in [0.717, 1.165) is 0 Å². The summed E-state index contributed by atoms with van der Waals surface area (Å²) in [4.78, 5) is 20.5. The number of aryl methyl sites for hydroxylation is 2. The van der Waals surface area contributed by atoms with E-state index in [-0.39, 0.29) is 18.9 Å². The Hall–Kier alpha value is -2.60. The zero-order valence-corrected chi connectivity index (χ0v) is 15.6. The fourth-order valence-corrected chi connectivity index (χ4v) is 3.83. The molecule has 12 heteroatoms. The van der Waals surface area contributed by atoms with Crippen LogP contribution in [0.3, 0.4) is 0 Å². The molecular weight excluding hydrogens is 362 g/mol. The van der Waals surface area contributed by atoms with Crippen molar-refractivity contribution in [2.45, 2.75) is 31.5 Å². The zero-order valence-electron chi connectivity index (χ0n) is 14.8. The Morgan fingerprint density at radius 3 is 2.73 bits per heavy atom. The summed E-state index contributed by atoms with van der Waals surface area (Å²) in [7, 11) is -2.62. The topological polar surface area (TPSA) is 131 Å². The van der Waals surface area contributed by atoms with E-state index in [1.54, 1.807) is 33.9 Å². The summed E-state index contributed by atoms with van der Waals surface area (Å²) in [6.07, 6.45) is 1.21. The lowest BCUT2D eigenvalue weighted by Crippen LogP contribution is -2.58. The van der Waals surface area contributed by atoms with Crippen molar-refractivity contribution >= 4 is 28.0 Å².